The van der Waals surface area contributed by atoms with E-state index in [1.165, 1.54) is 0 Å². The molecule has 0 aliphatic carbocycles. The molecule has 1 N–H and O–H groups in total. The van der Waals surface area contributed by atoms with Gasteiger partial charge < -0.3 is 66.9 Å². The Bertz CT molecular complexity index is 639. The van der Waals surface area contributed by atoms with Gasteiger partial charge >= 0.3 is 6.09 Å². The molecule has 0 aromatic carbocycles. The Kier molecular flexibility index (Phi) is 35.2. The van der Waals surface area contributed by atoms with Crippen molar-refractivity contribution >= 4 is 6.09 Å². The number of alkyl carbamates (subject to hydrolysis) is 1. The van der Waals surface area contributed by atoms with Crippen LogP contribution < -0.4 is 5.32 Å². The smallest absolute Gasteiger partial charge is 0.407 e. The van der Waals surface area contributed by atoms with Crippen molar-refractivity contribution in [1.82, 2.24) is 5.32 Å². The van der Waals surface area contributed by atoms with Crippen LogP contribution >= 0.6 is 0 Å². The highest BCUT2D eigenvalue weighted by atomic mass is 16.6. The minimum atomic E-state index is -0.511. The molecular weight excluding hydrogens is 622 g/mol. The first-order valence-electron chi connectivity index (χ1n) is 16.7. The molecule has 0 bridgehead atoms. The van der Waals surface area contributed by atoms with E-state index in [1.807, 2.05) is 34.6 Å². The Balaban J connectivity index is 3.09. The van der Waals surface area contributed by atoms with E-state index < -0.39 is 11.7 Å². The summed E-state index contributed by atoms with van der Waals surface area (Å²) >= 11 is 0. The van der Waals surface area contributed by atoms with Crippen LogP contribution in [-0.4, -0.2) is 176 Å². The van der Waals surface area contributed by atoms with E-state index in [2.05, 4.69) is 5.32 Å². The molecule has 0 radical (unpaired) electrons. The Labute approximate surface area is 282 Å². The van der Waals surface area contributed by atoms with Gasteiger partial charge in [0.25, 0.3) is 0 Å². The molecule has 1 amide bonds. The van der Waals surface area contributed by atoms with Gasteiger partial charge in [-0.2, -0.15) is 0 Å². The lowest BCUT2D eigenvalue weighted by atomic mass is 10.2. The first kappa shape index (κ1) is 45.8. The zero-order valence-corrected chi connectivity index (χ0v) is 29.8. The second kappa shape index (κ2) is 36.1. The van der Waals surface area contributed by atoms with Gasteiger partial charge in [-0.25, -0.2) is 4.79 Å². The van der Waals surface area contributed by atoms with E-state index in [1.54, 1.807) is 0 Å². The number of amides is 1. The molecule has 0 saturated heterocycles. The minimum absolute atomic E-state index is 0.227. The van der Waals surface area contributed by atoms with Gasteiger partial charge in [0.15, 0.2) is 0 Å². The molecule has 15 nitrogen and oxygen atoms in total. The molecule has 0 rings (SSSR count). The summed E-state index contributed by atoms with van der Waals surface area (Å²) in [5.74, 6) is 0. The second-order valence-electron chi connectivity index (χ2n) is 11.1. The summed E-state index contributed by atoms with van der Waals surface area (Å²) in [6.07, 6.45) is -0.225. The Morgan fingerprint density at radius 1 is 0.426 bits per heavy atom. The van der Waals surface area contributed by atoms with E-state index in [9.17, 15) is 4.79 Å². The molecule has 15 heteroatoms. The maximum atomic E-state index is 11.5. The van der Waals surface area contributed by atoms with Gasteiger partial charge in [0, 0.05) is 6.54 Å². The molecule has 0 aromatic heterocycles. The lowest BCUT2D eigenvalue weighted by molar-refractivity contribution is -0.0292. The van der Waals surface area contributed by atoms with Crippen molar-refractivity contribution in [3.63, 3.8) is 0 Å². The second-order valence-corrected chi connectivity index (χ2v) is 11.1. The third-order valence-electron chi connectivity index (χ3n) is 5.31. The van der Waals surface area contributed by atoms with E-state index >= 15 is 0 Å². The predicted molar refractivity (Wildman–Crippen MR) is 174 cm³/mol. The van der Waals surface area contributed by atoms with Crippen molar-refractivity contribution in [2.24, 2.45) is 0 Å². The van der Waals surface area contributed by atoms with Crippen molar-refractivity contribution in [1.29, 1.82) is 0 Å². The average molecular weight is 688 g/mol. The Morgan fingerprint density at radius 2 is 0.660 bits per heavy atom. The highest BCUT2D eigenvalue weighted by Gasteiger charge is 2.15. The maximum absolute atomic E-state index is 11.5. The molecule has 0 spiro atoms. The zero-order chi connectivity index (χ0) is 34.5. The third kappa shape index (κ3) is 42.8. The number of rotatable bonds is 37. The van der Waals surface area contributed by atoms with Crippen molar-refractivity contribution < 1.29 is 66.4 Å². The predicted octanol–water partition coefficient (Wildman–Crippen LogP) is 2.12. The summed E-state index contributed by atoms with van der Waals surface area (Å²) in [5.41, 5.74) is -0.511. The molecule has 0 saturated carbocycles. The van der Waals surface area contributed by atoms with Crippen LogP contribution in [0.15, 0.2) is 0 Å². The molecular formula is C32H65NO14. The molecule has 0 heterocycles. The number of ether oxygens (including phenoxy) is 13. The van der Waals surface area contributed by atoms with Crippen molar-refractivity contribution in [2.45, 2.75) is 46.3 Å². The van der Waals surface area contributed by atoms with E-state index in [-0.39, 0.29) is 6.10 Å². The minimum Gasteiger partial charge on any atom is -0.444 e. The zero-order valence-electron chi connectivity index (χ0n) is 29.8. The van der Waals surface area contributed by atoms with Crippen LogP contribution in [-0.2, 0) is 61.6 Å². The summed E-state index contributed by atoms with van der Waals surface area (Å²) in [5, 5.41) is 2.63. The number of carbonyl (C=O) groups is 1. The fraction of sp³-hybridized carbons (Fsp3) is 0.969. The molecule has 0 fully saturated rings. The first-order valence-corrected chi connectivity index (χ1v) is 16.7. The van der Waals surface area contributed by atoms with Gasteiger partial charge in [0.05, 0.1) is 158 Å². The van der Waals surface area contributed by atoms with Gasteiger partial charge in [0.2, 0.25) is 0 Å². The Hall–Kier alpha value is -1.21. The maximum Gasteiger partial charge on any atom is 0.407 e. The van der Waals surface area contributed by atoms with Crippen molar-refractivity contribution in [3.05, 3.63) is 0 Å². The molecule has 0 atom stereocenters. The first-order chi connectivity index (χ1) is 22.8. The molecule has 282 valence electrons. The summed E-state index contributed by atoms with van der Waals surface area (Å²) in [7, 11) is 0. The lowest BCUT2D eigenvalue weighted by Crippen LogP contribution is -2.34. The third-order valence-corrected chi connectivity index (χ3v) is 5.31. The summed E-state index contributed by atoms with van der Waals surface area (Å²) in [6, 6.07) is 0. The number of hydrogen-bond acceptors (Lipinski definition) is 14. The van der Waals surface area contributed by atoms with Crippen LogP contribution in [0.5, 0.6) is 0 Å². The summed E-state index contributed by atoms with van der Waals surface area (Å²) in [4.78, 5) is 11.5. The molecule has 0 aliphatic heterocycles. The van der Waals surface area contributed by atoms with Gasteiger partial charge in [0.1, 0.15) is 5.60 Å². The molecule has 0 aliphatic rings. The molecule has 47 heavy (non-hydrogen) atoms. The monoisotopic (exact) mass is 687 g/mol. The van der Waals surface area contributed by atoms with Crippen LogP contribution in [0.25, 0.3) is 0 Å². The lowest BCUT2D eigenvalue weighted by Gasteiger charge is -2.19. The highest BCUT2D eigenvalue weighted by molar-refractivity contribution is 5.67. The van der Waals surface area contributed by atoms with Crippen LogP contribution in [0, 0.1) is 0 Å². The molecule has 0 unspecified atom stereocenters. The fourth-order valence-corrected chi connectivity index (χ4v) is 3.18. The SMILES string of the molecule is CC(C)OCCOCCOCCOCCOCCOCCOCCOCCOCCOCCOCCOCCNC(=O)OC(C)(C)C. The number of hydrogen-bond donors (Lipinski definition) is 1. The van der Waals surface area contributed by atoms with Gasteiger partial charge in [-0.05, 0) is 34.6 Å². The summed E-state index contributed by atoms with van der Waals surface area (Å²) < 4.78 is 70.5. The fourth-order valence-electron chi connectivity index (χ4n) is 3.18. The van der Waals surface area contributed by atoms with Crippen molar-refractivity contribution in [3.8, 4) is 0 Å². The standard InChI is InChI=1S/C32H65NO14/c1-30(2)46-29-28-45-27-26-44-25-24-43-23-22-42-21-20-41-19-18-40-17-16-39-15-14-38-13-12-37-11-10-36-9-8-35-7-6-33-31(34)47-32(3,4)5/h30H,6-29H2,1-5H3,(H,33,34). The van der Waals surface area contributed by atoms with Crippen LogP contribution in [0.2, 0.25) is 0 Å². The van der Waals surface area contributed by atoms with Crippen LogP contribution in [0.3, 0.4) is 0 Å². The molecule has 0 aromatic rings. The van der Waals surface area contributed by atoms with Gasteiger partial charge in [-0.3, -0.25) is 0 Å². The quantitative estimate of drug-likeness (QED) is 0.0951. The topological polar surface area (TPSA) is 149 Å². The number of nitrogens with one attached hydrogen (secondary N) is 1. The van der Waals surface area contributed by atoms with Crippen LogP contribution in [0.1, 0.15) is 34.6 Å². The number of carbonyl (C=O) groups excluding carboxylic acids is 1. The van der Waals surface area contributed by atoms with E-state index in [4.69, 9.17) is 61.6 Å². The largest absolute Gasteiger partial charge is 0.444 e. The normalized spacial score (nSPS) is 11.9. The average Bonchev–Trinajstić information content (AvgIpc) is 3.01. The van der Waals surface area contributed by atoms with Crippen LogP contribution in [0.4, 0.5) is 4.79 Å². The van der Waals surface area contributed by atoms with Gasteiger partial charge in [-0.1, -0.05) is 0 Å². The van der Waals surface area contributed by atoms with E-state index in [0.717, 1.165) is 0 Å². The van der Waals surface area contributed by atoms with E-state index in [0.29, 0.717) is 159 Å². The summed E-state index contributed by atoms with van der Waals surface area (Å²) in [6.45, 7) is 21.4. The Morgan fingerprint density at radius 3 is 0.894 bits per heavy atom. The van der Waals surface area contributed by atoms with Gasteiger partial charge in [-0.15, -0.1) is 0 Å². The highest BCUT2D eigenvalue weighted by Crippen LogP contribution is 2.06. The van der Waals surface area contributed by atoms with Crippen molar-refractivity contribution in [2.75, 3.05) is 159 Å².